The molecule has 16 heavy (non-hydrogen) atoms. The van der Waals surface area contributed by atoms with Crippen LogP contribution in [0.3, 0.4) is 0 Å². The van der Waals surface area contributed by atoms with E-state index in [0.29, 0.717) is 12.1 Å². The number of hydrogen-bond acceptors (Lipinski definition) is 2. The molecule has 0 radical (unpaired) electrons. The number of nitrogens with two attached hydrogens (primary N) is 1. The summed E-state index contributed by atoms with van der Waals surface area (Å²) in [5, 5.41) is 0. The van der Waals surface area contributed by atoms with E-state index in [1.807, 2.05) is 0 Å². The van der Waals surface area contributed by atoms with Gasteiger partial charge in [0, 0.05) is 31.7 Å². The topological polar surface area (TPSA) is 44.9 Å². The molecular weight excluding hydrogens is 200 g/mol. The summed E-state index contributed by atoms with van der Waals surface area (Å²) < 4.78 is 0. The number of piperazine rings is 1. The summed E-state index contributed by atoms with van der Waals surface area (Å²) in [5.41, 5.74) is 6.07. The van der Waals surface area contributed by atoms with Crippen molar-refractivity contribution in [2.75, 3.05) is 26.2 Å². The molecule has 0 saturated carbocycles. The third kappa shape index (κ3) is 2.32. The van der Waals surface area contributed by atoms with Crippen molar-refractivity contribution in [3.63, 3.8) is 0 Å². The highest BCUT2D eigenvalue weighted by atomic mass is 15.4. The van der Waals surface area contributed by atoms with Gasteiger partial charge in [-0.2, -0.15) is 0 Å². The monoisotopic (exact) mass is 224 g/mol. The van der Waals surface area contributed by atoms with Crippen molar-refractivity contribution in [2.24, 2.45) is 10.7 Å². The number of aliphatic imine (C=N–C) groups is 1. The van der Waals surface area contributed by atoms with Crippen LogP contribution in [0.4, 0.5) is 0 Å². The van der Waals surface area contributed by atoms with E-state index < -0.39 is 0 Å². The largest absolute Gasteiger partial charge is 0.370 e. The Morgan fingerprint density at radius 2 is 2.25 bits per heavy atom. The van der Waals surface area contributed by atoms with E-state index in [-0.39, 0.29) is 0 Å². The van der Waals surface area contributed by atoms with E-state index in [1.165, 1.54) is 19.4 Å². The van der Waals surface area contributed by atoms with Crippen LogP contribution in [0.2, 0.25) is 0 Å². The molecule has 0 aromatic heterocycles. The summed E-state index contributed by atoms with van der Waals surface area (Å²) in [6, 6.07) is 1.22. The second-order valence-corrected chi connectivity index (χ2v) is 5.03. The molecular formula is C12H24N4. The highest BCUT2D eigenvalue weighted by Gasteiger charge is 2.34. The quantitative estimate of drug-likeness (QED) is 0.559. The Morgan fingerprint density at radius 3 is 3.00 bits per heavy atom. The average molecular weight is 224 g/mol. The molecule has 2 rings (SSSR count). The highest BCUT2D eigenvalue weighted by molar-refractivity contribution is 5.78. The molecule has 2 N–H and O–H groups in total. The predicted octanol–water partition coefficient (Wildman–Crippen LogP) is 0.880. The Hall–Kier alpha value is -0.770. The molecule has 0 aromatic carbocycles. The van der Waals surface area contributed by atoms with Gasteiger partial charge in [0.05, 0.1) is 0 Å². The molecule has 92 valence electrons. The first-order chi connectivity index (χ1) is 7.72. The van der Waals surface area contributed by atoms with E-state index in [0.717, 1.165) is 32.0 Å². The first-order valence-electron chi connectivity index (χ1n) is 6.53. The zero-order valence-electron chi connectivity index (χ0n) is 10.5. The van der Waals surface area contributed by atoms with Gasteiger partial charge >= 0.3 is 0 Å². The molecule has 0 aromatic rings. The van der Waals surface area contributed by atoms with Gasteiger partial charge in [-0.15, -0.1) is 0 Å². The van der Waals surface area contributed by atoms with E-state index in [2.05, 4.69) is 28.6 Å². The summed E-state index contributed by atoms with van der Waals surface area (Å²) in [5.74, 6) is 0.751. The van der Waals surface area contributed by atoms with Crippen molar-refractivity contribution >= 4 is 5.96 Å². The lowest BCUT2D eigenvalue weighted by Gasteiger charge is -2.42. The molecule has 0 spiro atoms. The number of rotatable bonds is 2. The molecule has 2 atom stereocenters. The van der Waals surface area contributed by atoms with Crippen molar-refractivity contribution in [1.29, 1.82) is 0 Å². The van der Waals surface area contributed by atoms with Crippen LogP contribution in [-0.2, 0) is 0 Å². The van der Waals surface area contributed by atoms with Crippen LogP contribution < -0.4 is 5.73 Å². The van der Waals surface area contributed by atoms with Crippen molar-refractivity contribution in [3.8, 4) is 0 Å². The van der Waals surface area contributed by atoms with Gasteiger partial charge in [0.15, 0.2) is 5.96 Å². The Bertz CT molecular complexity index is 264. The standard InChI is InChI=1S/C12H24N4/c1-3-6-14-12(13)16-9-11-5-4-7-15(11)8-10(16)2/h10-11H,3-9H2,1-2H3,(H2,13,14). The Morgan fingerprint density at radius 1 is 1.44 bits per heavy atom. The van der Waals surface area contributed by atoms with Crippen LogP contribution in [0.25, 0.3) is 0 Å². The van der Waals surface area contributed by atoms with E-state index >= 15 is 0 Å². The summed E-state index contributed by atoms with van der Waals surface area (Å²) in [6.45, 7) is 8.73. The summed E-state index contributed by atoms with van der Waals surface area (Å²) >= 11 is 0. The predicted molar refractivity (Wildman–Crippen MR) is 67.5 cm³/mol. The third-order valence-corrected chi connectivity index (χ3v) is 3.73. The lowest BCUT2D eigenvalue weighted by molar-refractivity contribution is 0.108. The molecule has 2 heterocycles. The maximum atomic E-state index is 6.07. The molecule has 2 aliphatic rings. The van der Waals surface area contributed by atoms with Crippen molar-refractivity contribution in [2.45, 2.75) is 45.2 Å². The normalized spacial score (nSPS) is 31.9. The fourth-order valence-corrected chi connectivity index (χ4v) is 2.82. The first-order valence-corrected chi connectivity index (χ1v) is 6.53. The summed E-state index contributed by atoms with van der Waals surface area (Å²) in [7, 11) is 0. The fraction of sp³-hybridized carbons (Fsp3) is 0.917. The SMILES string of the molecule is CCCN=C(N)N1CC2CCCN2CC1C. The van der Waals surface area contributed by atoms with Crippen molar-refractivity contribution in [3.05, 3.63) is 0 Å². The van der Waals surface area contributed by atoms with Crippen LogP contribution in [-0.4, -0.2) is 54.0 Å². The van der Waals surface area contributed by atoms with Gasteiger partial charge in [-0.1, -0.05) is 6.92 Å². The Balaban J connectivity index is 1.99. The first kappa shape index (κ1) is 11.7. The summed E-state index contributed by atoms with van der Waals surface area (Å²) in [6.07, 6.45) is 3.74. The number of hydrogen-bond donors (Lipinski definition) is 1. The summed E-state index contributed by atoms with van der Waals surface area (Å²) in [4.78, 5) is 9.33. The van der Waals surface area contributed by atoms with E-state index in [1.54, 1.807) is 0 Å². The Kier molecular flexibility index (Phi) is 3.69. The number of guanidine groups is 1. The zero-order chi connectivity index (χ0) is 11.5. The number of nitrogens with zero attached hydrogens (tertiary/aromatic N) is 3. The van der Waals surface area contributed by atoms with Crippen LogP contribution in [0.15, 0.2) is 4.99 Å². The minimum atomic E-state index is 0.509. The van der Waals surface area contributed by atoms with E-state index in [9.17, 15) is 0 Å². The van der Waals surface area contributed by atoms with Crippen molar-refractivity contribution < 1.29 is 0 Å². The van der Waals surface area contributed by atoms with Crippen LogP contribution >= 0.6 is 0 Å². The molecule has 2 saturated heterocycles. The van der Waals surface area contributed by atoms with Crippen LogP contribution in [0, 0.1) is 0 Å². The van der Waals surface area contributed by atoms with Gasteiger partial charge in [0.1, 0.15) is 0 Å². The zero-order valence-corrected chi connectivity index (χ0v) is 10.5. The fourth-order valence-electron chi connectivity index (χ4n) is 2.82. The maximum Gasteiger partial charge on any atom is 0.191 e. The lowest BCUT2D eigenvalue weighted by atomic mass is 10.1. The molecule has 2 unspecified atom stereocenters. The van der Waals surface area contributed by atoms with Crippen molar-refractivity contribution in [1.82, 2.24) is 9.80 Å². The van der Waals surface area contributed by atoms with E-state index in [4.69, 9.17) is 5.73 Å². The molecule has 4 heteroatoms. The molecule has 0 amide bonds. The van der Waals surface area contributed by atoms with Gasteiger partial charge in [0.2, 0.25) is 0 Å². The Labute approximate surface area is 98.5 Å². The minimum absolute atomic E-state index is 0.509. The highest BCUT2D eigenvalue weighted by Crippen LogP contribution is 2.24. The molecule has 4 nitrogen and oxygen atoms in total. The van der Waals surface area contributed by atoms with Gasteiger partial charge in [-0.05, 0) is 32.7 Å². The van der Waals surface area contributed by atoms with Crippen LogP contribution in [0.5, 0.6) is 0 Å². The lowest BCUT2D eigenvalue weighted by Crippen LogP contribution is -2.58. The molecule has 0 bridgehead atoms. The van der Waals surface area contributed by atoms with Gasteiger partial charge in [0.25, 0.3) is 0 Å². The van der Waals surface area contributed by atoms with Gasteiger partial charge < -0.3 is 10.6 Å². The van der Waals surface area contributed by atoms with Gasteiger partial charge in [-0.3, -0.25) is 9.89 Å². The smallest absolute Gasteiger partial charge is 0.191 e. The second kappa shape index (κ2) is 5.04. The molecule has 0 aliphatic carbocycles. The molecule has 2 fully saturated rings. The minimum Gasteiger partial charge on any atom is -0.370 e. The number of fused-ring (bicyclic) bond motifs is 1. The maximum absolute atomic E-state index is 6.07. The second-order valence-electron chi connectivity index (χ2n) is 5.03. The molecule has 2 aliphatic heterocycles. The van der Waals surface area contributed by atoms with Crippen LogP contribution in [0.1, 0.15) is 33.1 Å². The van der Waals surface area contributed by atoms with Gasteiger partial charge in [-0.25, -0.2) is 0 Å². The third-order valence-electron chi connectivity index (χ3n) is 3.73. The average Bonchev–Trinajstić information content (AvgIpc) is 2.71.